The van der Waals surface area contributed by atoms with Crippen molar-refractivity contribution >= 4 is 11.9 Å². The van der Waals surface area contributed by atoms with Gasteiger partial charge < -0.3 is 40.1 Å². The maximum absolute atomic E-state index is 5.53. The van der Waals surface area contributed by atoms with Gasteiger partial charge in [0.2, 0.25) is 17.6 Å². The van der Waals surface area contributed by atoms with Gasteiger partial charge in [0.15, 0.2) is 11.5 Å². The second kappa shape index (κ2) is 14.3. The lowest BCUT2D eigenvalue weighted by Crippen LogP contribution is -2.17. The highest BCUT2D eigenvalue weighted by molar-refractivity contribution is 5.54. The van der Waals surface area contributed by atoms with E-state index in [-0.39, 0.29) is 5.92 Å². The van der Waals surface area contributed by atoms with Crippen LogP contribution in [0.5, 0.6) is 17.2 Å². The van der Waals surface area contributed by atoms with Crippen molar-refractivity contribution < 1.29 is 23.7 Å². The largest absolute Gasteiger partial charge is 0.493 e. The first-order chi connectivity index (χ1) is 16.0. The molecule has 4 N–H and O–H groups in total. The summed E-state index contributed by atoms with van der Waals surface area (Å²) in [6.45, 7) is 7.68. The van der Waals surface area contributed by atoms with Gasteiger partial charge in [0.05, 0.1) is 47.8 Å². The van der Waals surface area contributed by atoms with E-state index in [4.69, 9.17) is 29.4 Å². The van der Waals surface area contributed by atoms with Gasteiger partial charge in [-0.15, -0.1) is 0 Å². The number of nitrogens with two attached hydrogens (primary N) is 1. The molecule has 184 valence electrons. The summed E-state index contributed by atoms with van der Waals surface area (Å²) in [5.74, 6) is 3.52. The zero-order chi connectivity index (χ0) is 24.1. The van der Waals surface area contributed by atoms with Crippen molar-refractivity contribution in [1.29, 1.82) is 0 Å². The fraction of sp³-hybridized carbons (Fsp3) is 0.591. The molecule has 0 aliphatic heterocycles. The van der Waals surface area contributed by atoms with Crippen LogP contribution in [0.1, 0.15) is 31.2 Å². The zero-order valence-corrected chi connectivity index (χ0v) is 20.1. The Kier molecular flexibility index (Phi) is 11.4. The van der Waals surface area contributed by atoms with Crippen LogP contribution in [-0.4, -0.2) is 75.8 Å². The fourth-order valence-corrected chi connectivity index (χ4v) is 2.87. The van der Waals surface area contributed by atoms with Crippen LogP contribution in [0.3, 0.4) is 0 Å². The van der Waals surface area contributed by atoms with Crippen molar-refractivity contribution in [3.63, 3.8) is 0 Å². The number of benzene rings is 1. The summed E-state index contributed by atoms with van der Waals surface area (Å²) >= 11 is 0. The van der Waals surface area contributed by atoms with Crippen molar-refractivity contribution in [1.82, 2.24) is 15.0 Å². The van der Waals surface area contributed by atoms with E-state index in [9.17, 15) is 0 Å². The normalized spacial score (nSPS) is 10.9. The number of hydrogen-bond donors (Lipinski definition) is 3. The first kappa shape index (κ1) is 26.4. The van der Waals surface area contributed by atoms with Crippen LogP contribution in [0.15, 0.2) is 12.1 Å². The average molecular weight is 465 g/mol. The van der Waals surface area contributed by atoms with Gasteiger partial charge in [-0.05, 0) is 17.7 Å². The predicted octanol–water partition coefficient (Wildman–Crippen LogP) is 2.04. The molecule has 2 aromatic rings. The minimum Gasteiger partial charge on any atom is -0.493 e. The molecule has 0 unspecified atom stereocenters. The Morgan fingerprint density at radius 3 is 1.97 bits per heavy atom. The minimum atomic E-state index is 0.145. The highest BCUT2D eigenvalue weighted by Crippen LogP contribution is 2.38. The SMILES string of the molecule is COc1cc(CNc2nc(NCCOCCOCCN)nc(C(C)C)n2)cc(OC)c1OC. The fourth-order valence-electron chi connectivity index (χ4n) is 2.87. The number of nitrogens with zero attached hydrogens (tertiary/aromatic N) is 3. The molecule has 11 nitrogen and oxygen atoms in total. The Morgan fingerprint density at radius 2 is 1.42 bits per heavy atom. The van der Waals surface area contributed by atoms with Crippen molar-refractivity contribution in [2.75, 3.05) is 71.5 Å². The Hall–Kier alpha value is -2.89. The van der Waals surface area contributed by atoms with Crippen LogP contribution in [-0.2, 0) is 16.0 Å². The second-order valence-corrected chi connectivity index (χ2v) is 7.32. The summed E-state index contributed by atoms with van der Waals surface area (Å²) < 4.78 is 27.0. The summed E-state index contributed by atoms with van der Waals surface area (Å²) in [5.41, 5.74) is 6.30. The lowest BCUT2D eigenvalue weighted by molar-refractivity contribution is 0.0547. The molecular formula is C22H36N6O5. The van der Waals surface area contributed by atoms with E-state index in [0.717, 1.165) is 5.56 Å². The topological polar surface area (TPSA) is 135 Å². The van der Waals surface area contributed by atoms with Gasteiger partial charge in [0.1, 0.15) is 5.82 Å². The van der Waals surface area contributed by atoms with Gasteiger partial charge in [-0.2, -0.15) is 15.0 Å². The standard InChI is InChI=1S/C22H36N6O5/c1-15(2)20-26-21(24-7-9-33-11-10-32-8-6-23)28-22(27-20)25-14-16-12-17(29-3)19(31-5)18(13-16)30-4/h12-13,15H,6-11,14,23H2,1-5H3,(H2,24,25,26,27,28). The van der Waals surface area contributed by atoms with Gasteiger partial charge in [-0.1, -0.05) is 13.8 Å². The van der Waals surface area contributed by atoms with E-state index < -0.39 is 0 Å². The maximum atomic E-state index is 5.53. The van der Waals surface area contributed by atoms with Crippen LogP contribution in [0.4, 0.5) is 11.9 Å². The first-order valence-electron chi connectivity index (χ1n) is 10.9. The van der Waals surface area contributed by atoms with Crippen molar-refractivity contribution in [3.05, 3.63) is 23.5 Å². The van der Waals surface area contributed by atoms with E-state index in [1.165, 1.54) is 0 Å². The number of aromatic nitrogens is 3. The Balaban J connectivity index is 2.00. The Labute approximate surface area is 195 Å². The lowest BCUT2D eigenvalue weighted by atomic mass is 10.2. The third-order valence-corrected chi connectivity index (χ3v) is 4.51. The molecule has 1 aromatic heterocycles. The molecule has 0 aliphatic carbocycles. The lowest BCUT2D eigenvalue weighted by Gasteiger charge is -2.15. The zero-order valence-electron chi connectivity index (χ0n) is 20.1. The molecular weight excluding hydrogens is 428 g/mol. The van der Waals surface area contributed by atoms with Gasteiger partial charge in [0.25, 0.3) is 0 Å². The third kappa shape index (κ3) is 8.52. The molecule has 2 rings (SSSR count). The highest BCUT2D eigenvalue weighted by atomic mass is 16.5. The van der Waals surface area contributed by atoms with E-state index in [1.54, 1.807) is 21.3 Å². The predicted molar refractivity (Wildman–Crippen MR) is 127 cm³/mol. The molecule has 1 aromatic carbocycles. The summed E-state index contributed by atoms with van der Waals surface area (Å²) in [7, 11) is 4.75. The van der Waals surface area contributed by atoms with Crippen LogP contribution >= 0.6 is 0 Å². The molecule has 0 amide bonds. The van der Waals surface area contributed by atoms with Crippen molar-refractivity contribution in [2.24, 2.45) is 5.73 Å². The highest BCUT2D eigenvalue weighted by Gasteiger charge is 2.14. The van der Waals surface area contributed by atoms with E-state index in [1.807, 2.05) is 26.0 Å². The summed E-state index contributed by atoms with van der Waals surface area (Å²) in [6, 6.07) is 3.76. The van der Waals surface area contributed by atoms with Gasteiger partial charge >= 0.3 is 0 Å². The smallest absolute Gasteiger partial charge is 0.228 e. The third-order valence-electron chi connectivity index (χ3n) is 4.51. The number of nitrogens with one attached hydrogen (secondary N) is 2. The Bertz CT molecular complexity index is 827. The average Bonchev–Trinajstić information content (AvgIpc) is 2.83. The maximum Gasteiger partial charge on any atom is 0.228 e. The van der Waals surface area contributed by atoms with Crippen LogP contribution < -0.4 is 30.6 Å². The minimum absolute atomic E-state index is 0.145. The van der Waals surface area contributed by atoms with E-state index in [0.29, 0.717) is 81.0 Å². The number of ether oxygens (including phenoxy) is 5. The Morgan fingerprint density at radius 1 is 0.818 bits per heavy atom. The van der Waals surface area contributed by atoms with E-state index >= 15 is 0 Å². The second-order valence-electron chi connectivity index (χ2n) is 7.32. The van der Waals surface area contributed by atoms with Gasteiger partial charge in [-0.25, -0.2) is 0 Å². The summed E-state index contributed by atoms with van der Waals surface area (Å²) in [6.07, 6.45) is 0. The van der Waals surface area contributed by atoms with Crippen molar-refractivity contribution in [3.8, 4) is 17.2 Å². The quantitative estimate of drug-likeness (QED) is 0.315. The molecule has 0 atom stereocenters. The van der Waals surface area contributed by atoms with Crippen LogP contribution in [0, 0.1) is 0 Å². The summed E-state index contributed by atoms with van der Waals surface area (Å²) in [4.78, 5) is 13.5. The number of methoxy groups -OCH3 is 3. The van der Waals surface area contributed by atoms with Crippen LogP contribution in [0.2, 0.25) is 0 Å². The molecule has 0 saturated heterocycles. The molecule has 0 spiro atoms. The molecule has 0 radical (unpaired) electrons. The van der Waals surface area contributed by atoms with E-state index in [2.05, 4.69) is 25.6 Å². The van der Waals surface area contributed by atoms with Gasteiger partial charge in [0, 0.05) is 25.6 Å². The number of anilines is 2. The molecule has 11 heteroatoms. The summed E-state index contributed by atoms with van der Waals surface area (Å²) in [5, 5.41) is 6.44. The van der Waals surface area contributed by atoms with Crippen LogP contribution in [0.25, 0.3) is 0 Å². The molecule has 0 bridgehead atoms. The van der Waals surface area contributed by atoms with Crippen molar-refractivity contribution in [2.45, 2.75) is 26.3 Å². The molecule has 0 saturated carbocycles. The molecule has 33 heavy (non-hydrogen) atoms. The molecule has 0 fully saturated rings. The first-order valence-corrected chi connectivity index (χ1v) is 10.9. The number of hydrogen-bond acceptors (Lipinski definition) is 11. The molecule has 0 aliphatic rings. The monoisotopic (exact) mass is 464 g/mol. The molecule has 1 heterocycles. The number of rotatable bonds is 16. The van der Waals surface area contributed by atoms with Gasteiger partial charge in [-0.3, -0.25) is 0 Å².